The van der Waals surface area contributed by atoms with Gasteiger partial charge in [-0.05, 0) is 49.9 Å². The van der Waals surface area contributed by atoms with Crippen molar-refractivity contribution in [2.45, 2.75) is 77.1 Å². The third kappa shape index (κ3) is 5.01. The molecule has 0 radical (unpaired) electrons. The Balaban J connectivity index is 1.62. The Bertz CT molecular complexity index is 785. The maximum atomic E-state index is 13.1. The predicted molar refractivity (Wildman–Crippen MR) is 108 cm³/mol. The summed E-state index contributed by atoms with van der Waals surface area (Å²) >= 11 is 0. The van der Waals surface area contributed by atoms with Crippen LogP contribution in [0.3, 0.4) is 0 Å². The fraction of sp³-hybridized carbons (Fsp3) is 0.810. The first-order chi connectivity index (χ1) is 14.7. The van der Waals surface area contributed by atoms with Gasteiger partial charge in [-0.2, -0.15) is 13.2 Å². The average molecular weight is 460 g/mol. The quantitative estimate of drug-likeness (QED) is 0.629. The van der Waals surface area contributed by atoms with E-state index in [4.69, 9.17) is 0 Å². The number of amides is 5. The van der Waals surface area contributed by atoms with Crippen molar-refractivity contribution in [3.05, 3.63) is 0 Å². The Morgan fingerprint density at radius 2 is 1.75 bits per heavy atom. The van der Waals surface area contributed by atoms with E-state index >= 15 is 0 Å². The molecule has 11 heteroatoms. The second kappa shape index (κ2) is 8.55. The standard InChI is InChI=1S/C21H31F3N4O4/c1-19(2,3)13-6-8-20(9-7-13)17(31)28(18(32)26-20)11-15(29)27-10-4-5-14(27)16(30)25-12-21(22,23)24/h13-14H,4-12H2,1-3H3,(H,25,30)(H,26,32). The van der Waals surface area contributed by atoms with Crippen molar-refractivity contribution in [3.63, 3.8) is 0 Å². The lowest BCUT2D eigenvalue weighted by Gasteiger charge is -2.40. The minimum absolute atomic E-state index is 0.0976. The van der Waals surface area contributed by atoms with Crippen LogP contribution in [0.5, 0.6) is 0 Å². The third-order valence-electron chi connectivity index (χ3n) is 6.94. The number of hydrogen-bond acceptors (Lipinski definition) is 4. The molecule has 0 aromatic rings. The number of halogens is 3. The number of alkyl halides is 3. The van der Waals surface area contributed by atoms with Crippen LogP contribution in [0, 0.1) is 11.3 Å². The zero-order chi connectivity index (χ0) is 23.9. The van der Waals surface area contributed by atoms with Crippen LogP contribution in [0.1, 0.15) is 59.3 Å². The van der Waals surface area contributed by atoms with Crippen molar-refractivity contribution in [3.8, 4) is 0 Å². The molecule has 3 fully saturated rings. The lowest BCUT2D eigenvalue weighted by molar-refractivity contribution is -0.146. The summed E-state index contributed by atoms with van der Waals surface area (Å²) in [5.74, 6) is -1.53. The first kappa shape index (κ1) is 24.3. The number of imide groups is 1. The molecule has 1 aliphatic carbocycles. The van der Waals surface area contributed by atoms with Crippen molar-refractivity contribution in [2.75, 3.05) is 19.6 Å². The highest BCUT2D eigenvalue weighted by molar-refractivity contribution is 6.09. The summed E-state index contributed by atoms with van der Waals surface area (Å²) in [6.07, 6.45) is -1.31. The summed E-state index contributed by atoms with van der Waals surface area (Å²) in [6, 6.07) is -1.68. The Hall–Kier alpha value is -2.33. The number of hydrogen-bond donors (Lipinski definition) is 2. The maximum Gasteiger partial charge on any atom is 0.405 e. The van der Waals surface area contributed by atoms with Gasteiger partial charge in [-0.15, -0.1) is 0 Å². The lowest BCUT2D eigenvalue weighted by atomic mass is 9.67. The van der Waals surface area contributed by atoms with Gasteiger partial charge in [0.2, 0.25) is 11.8 Å². The van der Waals surface area contributed by atoms with Crippen molar-refractivity contribution >= 4 is 23.8 Å². The molecule has 1 unspecified atom stereocenters. The summed E-state index contributed by atoms with van der Waals surface area (Å²) in [5.41, 5.74) is -0.909. The van der Waals surface area contributed by atoms with Gasteiger partial charge in [0.15, 0.2) is 0 Å². The van der Waals surface area contributed by atoms with E-state index in [1.807, 2.05) is 0 Å². The van der Waals surface area contributed by atoms with Gasteiger partial charge in [0.05, 0.1) is 0 Å². The molecule has 3 rings (SSSR count). The molecular formula is C21H31F3N4O4. The number of urea groups is 1. The fourth-order valence-corrected chi connectivity index (χ4v) is 5.00. The highest BCUT2D eigenvalue weighted by Gasteiger charge is 2.54. The Morgan fingerprint density at radius 1 is 1.12 bits per heavy atom. The number of carbonyl (C=O) groups is 4. The van der Waals surface area contributed by atoms with Crippen molar-refractivity contribution in [1.82, 2.24) is 20.4 Å². The molecule has 0 bridgehead atoms. The average Bonchev–Trinajstić information content (AvgIpc) is 3.25. The van der Waals surface area contributed by atoms with Crippen LogP contribution in [0.15, 0.2) is 0 Å². The SMILES string of the molecule is CC(C)(C)C1CCC2(CC1)NC(=O)N(CC(=O)N1CCCC1C(=O)NCC(F)(F)F)C2=O. The van der Waals surface area contributed by atoms with E-state index in [2.05, 4.69) is 26.1 Å². The smallest absolute Gasteiger partial charge is 0.345 e. The second-order valence-corrected chi connectivity index (χ2v) is 10.1. The van der Waals surface area contributed by atoms with E-state index in [9.17, 15) is 32.3 Å². The van der Waals surface area contributed by atoms with Gasteiger partial charge in [0.1, 0.15) is 24.7 Å². The van der Waals surface area contributed by atoms with Crippen molar-refractivity contribution in [2.24, 2.45) is 11.3 Å². The van der Waals surface area contributed by atoms with Gasteiger partial charge in [-0.1, -0.05) is 20.8 Å². The molecule has 2 saturated heterocycles. The van der Waals surface area contributed by atoms with E-state index in [0.717, 1.165) is 22.6 Å². The maximum absolute atomic E-state index is 13.1. The highest BCUT2D eigenvalue weighted by Crippen LogP contribution is 2.43. The van der Waals surface area contributed by atoms with Gasteiger partial charge < -0.3 is 15.5 Å². The third-order valence-corrected chi connectivity index (χ3v) is 6.94. The monoisotopic (exact) mass is 460 g/mol. The van der Waals surface area contributed by atoms with E-state index in [0.29, 0.717) is 25.2 Å². The molecule has 0 aromatic heterocycles. The summed E-state index contributed by atoms with van der Waals surface area (Å²) in [4.78, 5) is 52.6. The molecule has 2 N–H and O–H groups in total. The molecule has 1 atom stereocenters. The molecule has 1 saturated carbocycles. The zero-order valence-electron chi connectivity index (χ0n) is 18.7. The molecule has 2 aliphatic heterocycles. The zero-order valence-corrected chi connectivity index (χ0v) is 18.7. The minimum atomic E-state index is -4.55. The topological polar surface area (TPSA) is 98.8 Å². The van der Waals surface area contributed by atoms with E-state index in [-0.39, 0.29) is 18.4 Å². The largest absolute Gasteiger partial charge is 0.405 e. The van der Waals surface area contributed by atoms with Crippen LogP contribution in [-0.2, 0) is 14.4 Å². The normalized spacial score (nSPS) is 28.9. The Kier molecular flexibility index (Phi) is 6.50. The Labute approximate surface area is 185 Å². The predicted octanol–water partition coefficient (Wildman–Crippen LogP) is 2.18. The number of nitrogens with zero attached hydrogens (tertiary/aromatic N) is 2. The molecule has 1 spiro atoms. The first-order valence-electron chi connectivity index (χ1n) is 11.0. The minimum Gasteiger partial charge on any atom is -0.345 e. The van der Waals surface area contributed by atoms with Crippen LogP contribution in [0.2, 0.25) is 0 Å². The molecule has 3 aliphatic rings. The second-order valence-electron chi connectivity index (χ2n) is 10.1. The van der Waals surface area contributed by atoms with E-state index in [1.165, 1.54) is 0 Å². The number of rotatable bonds is 4. The van der Waals surface area contributed by atoms with Crippen LogP contribution in [-0.4, -0.2) is 70.9 Å². The number of nitrogens with one attached hydrogen (secondary N) is 2. The Morgan fingerprint density at radius 3 is 2.31 bits per heavy atom. The number of carbonyl (C=O) groups excluding carboxylic acids is 4. The van der Waals surface area contributed by atoms with Gasteiger partial charge >= 0.3 is 12.2 Å². The van der Waals surface area contributed by atoms with Crippen LogP contribution in [0.25, 0.3) is 0 Å². The molecule has 2 heterocycles. The molecule has 32 heavy (non-hydrogen) atoms. The summed E-state index contributed by atoms with van der Waals surface area (Å²) in [7, 11) is 0. The molecule has 5 amide bonds. The van der Waals surface area contributed by atoms with Crippen molar-refractivity contribution < 1.29 is 32.3 Å². The molecule has 180 valence electrons. The van der Waals surface area contributed by atoms with Crippen LogP contribution >= 0.6 is 0 Å². The van der Waals surface area contributed by atoms with Crippen LogP contribution < -0.4 is 10.6 Å². The van der Waals surface area contributed by atoms with E-state index in [1.54, 1.807) is 5.32 Å². The van der Waals surface area contributed by atoms with Crippen LogP contribution in [0.4, 0.5) is 18.0 Å². The lowest BCUT2D eigenvalue weighted by Crippen LogP contribution is -2.52. The summed E-state index contributed by atoms with van der Waals surface area (Å²) in [5, 5.41) is 4.58. The summed E-state index contributed by atoms with van der Waals surface area (Å²) < 4.78 is 37.2. The number of likely N-dealkylation sites (tertiary alicyclic amines) is 1. The van der Waals surface area contributed by atoms with Gasteiger partial charge in [-0.25, -0.2) is 4.79 Å². The first-order valence-corrected chi connectivity index (χ1v) is 11.0. The highest BCUT2D eigenvalue weighted by atomic mass is 19.4. The fourth-order valence-electron chi connectivity index (χ4n) is 5.00. The van der Waals surface area contributed by atoms with Gasteiger partial charge in [-0.3, -0.25) is 19.3 Å². The molecule has 0 aromatic carbocycles. The molecule has 8 nitrogen and oxygen atoms in total. The van der Waals surface area contributed by atoms with Crippen molar-refractivity contribution in [1.29, 1.82) is 0 Å². The van der Waals surface area contributed by atoms with Gasteiger partial charge in [0.25, 0.3) is 5.91 Å². The summed E-state index contributed by atoms with van der Waals surface area (Å²) in [6.45, 7) is 4.62. The molecular weight excluding hydrogens is 429 g/mol. The van der Waals surface area contributed by atoms with E-state index < -0.39 is 54.6 Å². The van der Waals surface area contributed by atoms with Gasteiger partial charge in [0, 0.05) is 6.54 Å².